The van der Waals surface area contributed by atoms with E-state index in [1.54, 1.807) is 0 Å². The van der Waals surface area contributed by atoms with Crippen molar-refractivity contribution in [1.82, 2.24) is 14.5 Å². The van der Waals surface area contributed by atoms with Crippen LogP contribution in [0.25, 0.3) is 76.0 Å². The fourth-order valence-corrected chi connectivity index (χ4v) is 7.74. The van der Waals surface area contributed by atoms with Crippen molar-refractivity contribution in [3.05, 3.63) is 120 Å². The summed E-state index contributed by atoms with van der Waals surface area (Å²) in [6, 6.07) is 36.9. The van der Waals surface area contributed by atoms with Gasteiger partial charge in [-0.05, 0) is 41.8 Å². The van der Waals surface area contributed by atoms with Crippen molar-refractivity contribution in [3.63, 3.8) is 0 Å². The third-order valence-corrected chi connectivity index (χ3v) is 9.50. The Morgan fingerprint density at radius 2 is 1.48 bits per heavy atom. The lowest BCUT2D eigenvalue weighted by Gasteiger charge is -2.15. The van der Waals surface area contributed by atoms with Gasteiger partial charge in [0.2, 0.25) is 5.95 Å². The predicted molar refractivity (Wildman–Crippen MR) is 170 cm³/mol. The van der Waals surface area contributed by atoms with E-state index in [9.17, 15) is 0 Å². The average molecular weight is 530 g/mol. The highest BCUT2D eigenvalue weighted by molar-refractivity contribution is 7.26. The molecule has 5 aromatic carbocycles. The molecular weight excluding hydrogens is 506 g/mol. The molecule has 0 radical (unpaired) electrons. The quantitative estimate of drug-likeness (QED) is 0.223. The predicted octanol–water partition coefficient (Wildman–Crippen LogP) is 9.72. The molecule has 0 bridgehead atoms. The topological polar surface area (TPSA) is 30.7 Å². The van der Waals surface area contributed by atoms with Gasteiger partial charge in [0, 0.05) is 47.8 Å². The van der Waals surface area contributed by atoms with E-state index in [0.717, 1.165) is 46.5 Å². The van der Waals surface area contributed by atoms with Gasteiger partial charge in [0.1, 0.15) is 0 Å². The highest BCUT2D eigenvalue weighted by Crippen LogP contribution is 2.42. The fraction of sp³-hybridized carbons (Fsp3) is 0.0556. The third-order valence-electron chi connectivity index (χ3n) is 8.28. The number of rotatable bonds is 2. The van der Waals surface area contributed by atoms with Crippen molar-refractivity contribution in [1.29, 1.82) is 0 Å². The van der Waals surface area contributed by atoms with Gasteiger partial charge in [-0.1, -0.05) is 97.1 Å². The number of fused-ring (bicyclic) bond motifs is 9. The van der Waals surface area contributed by atoms with Crippen LogP contribution in [0.15, 0.2) is 109 Å². The van der Waals surface area contributed by atoms with Crippen LogP contribution in [-0.2, 0) is 6.42 Å². The Hall–Kier alpha value is -4.80. The van der Waals surface area contributed by atoms with Crippen molar-refractivity contribution in [2.45, 2.75) is 12.8 Å². The van der Waals surface area contributed by atoms with Crippen molar-refractivity contribution in [3.8, 4) is 17.2 Å². The average Bonchev–Trinajstić information content (AvgIpc) is 3.57. The van der Waals surface area contributed by atoms with Gasteiger partial charge in [0.15, 0.2) is 0 Å². The lowest BCUT2D eigenvalue weighted by atomic mass is 9.98. The molecule has 1 aliphatic carbocycles. The minimum absolute atomic E-state index is 0.739. The van der Waals surface area contributed by atoms with Crippen LogP contribution in [0.4, 0.5) is 0 Å². The number of hydrogen-bond donors (Lipinski definition) is 0. The van der Waals surface area contributed by atoms with Gasteiger partial charge < -0.3 is 0 Å². The maximum absolute atomic E-state index is 5.41. The van der Waals surface area contributed by atoms with Crippen molar-refractivity contribution < 1.29 is 0 Å². The van der Waals surface area contributed by atoms with Crippen molar-refractivity contribution in [2.75, 3.05) is 0 Å². The van der Waals surface area contributed by atoms with E-state index in [4.69, 9.17) is 9.97 Å². The Morgan fingerprint density at radius 1 is 0.675 bits per heavy atom. The number of nitrogens with zero attached hydrogens (tertiary/aromatic N) is 3. The molecular formula is C36H23N3S. The SMILES string of the molecule is C1=Cc2c(n(-c3nc(-c4cccc5c4sc4ccccc45)c4ccccc4n3)c3ccc4ccccc4c23)CC1. The van der Waals surface area contributed by atoms with E-state index in [2.05, 4.69) is 120 Å². The van der Waals surface area contributed by atoms with E-state index in [0.29, 0.717) is 0 Å². The summed E-state index contributed by atoms with van der Waals surface area (Å²) in [6.45, 7) is 0. The Balaban J connectivity index is 1.40. The second-order valence-corrected chi connectivity index (χ2v) is 11.5. The number of benzene rings is 5. The number of para-hydroxylation sites is 1. The van der Waals surface area contributed by atoms with Crippen LogP contribution in [-0.4, -0.2) is 14.5 Å². The van der Waals surface area contributed by atoms with Crippen LogP contribution in [0.3, 0.4) is 0 Å². The fourth-order valence-electron chi connectivity index (χ4n) is 6.52. The second-order valence-electron chi connectivity index (χ2n) is 10.5. The summed E-state index contributed by atoms with van der Waals surface area (Å²) in [7, 11) is 0. The van der Waals surface area contributed by atoms with Crippen molar-refractivity contribution >= 4 is 70.2 Å². The number of hydrogen-bond acceptors (Lipinski definition) is 3. The summed E-state index contributed by atoms with van der Waals surface area (Å²) in [6.07, 6.45) is 6.57. The summed E-state index contributed by atoms with van der Waals surface area (Å²) in [4.78, 5) is 10.6. The van der Waals surface area contributed by atoms with E-state index >= 15 is 0 Å². The lowest BCUT2D eigenvalue weighted by Crippen LogP contribution is -2.08. The molecule has 0 saturated heterocycles. The number of allylic oxidation sites excluding steroid dienone is 1. The van der Waals surface area contributed by atoms with Crippen LogP contribution in [0, 0.1) is 0 Å². The minimum atomic E-state index is 0.739. The Bertz CT molecular complexity index is 2340. The minimum Gasteiger partial charge on any atom is -0.282 e. The van der Waals surface area contributed by atoms with Gasteiger partial charge in [-0.2, -0.15) is 0 Å². The molecule has 188 valence electrons. The summed E-state index contributed by atoms with van der Waals surface area (Å²) in [5.41, 5.74) is 6.85. The zero-order valence-corrected chi connectivity index (χ0v) is 22.5. The lowest BCUT2D eigenvalue weighted by molar-refractivity contribution is 0.852. The van der Waals surface area contributed by atoms with Crippen LogP contribution < -0.4 is 0 Å². The third kappa shape index (κ3) is 3.05. The molecule has 8 aromatic rings. The Morgan fingerprint density at radius 3 is 2.42 bits per heavy atom. The molecule has 0 amide bonds. The standard InChI is InChI=1S/C36H23N3S/c1-2-11-23-22(10-1)20-21-31-33(23)27-14-4-7-18-30(27)39(31)36-37-29-17-6-3-13-26(29)34(38-36)28-16-9-15-25-24-12-5-8-19-32(24)40-35(25)28/h1-6,8-17,19-21H,7,18H2. The highest BCUT2D eigenvalue weighted by atomic mass is 32.1. The second kappa shape index (κ2) is 8.35. The smallest absolute Gasteiger partial charge is 0.235 e. The molecule has 3 heterocycles. The molecule has 0 spiro atoms. The summed E-state index contributed by atoms with van der Waals surface area (Å²) in [5.74, 6) is 0.739. The Kier molecular flexibility index (Phi) is 4.60. The molecule has 0 saturated carbocycles. The molecule has 0 N–H and O–H groups in total. The molecule has 0 atom stereocenters. The normalized spacial score (nSPS) is 13.2. The van der Waals surface area contributed by atoms with Gasteiger partial charge in [-0.15, -0.1) is 11.3 Å². The number of thiophene rings is 1. The van der Waals surface area contributed by atoms with E-state index in [1.165, 1.54) is 47.6 Å². The molecule has 0 fully saturated rings. The zero-order valence-electron chi connectivity index (χ0n) is 21.6. The van der Waals surface area contributed by atoms with E-state index in [-0.39, 0.29) is 0 Å². The van der Waals surface area contributed by atoms with Crippen LogP contribution >= 0.6 is 11.3 Å². The zero-order chi connectivity index (χ0) is 26.2. The van der Waals surface area contributed by atoms with Crippen molar-refractivity contribution in [2.24, 2.45) is 0 Å². The van der Waals surface area contributed by atoms with Gasteiger partial charge in [0.25, 0.3) is 0 Å². The maximum Gasteiger partial charge on any atom is 0.235 e. The summed E-state index contributed by atoms with van der Waals surface area (Å²) in [5, 5.41) is 7.47. The molecule has 0 aliphatic heterocycles. The van der Waals surface area contributed by atoms with Gasteiger partial charge in [0.05, 0.1) is 16.7 Å². The largest absolute Gasteiger partial charge is 0.282 e. The maximum atomic E-state index is 5.41. The molecule has 1 aliphatic rings. The monoisotopic (exact) mass is 529 g/mol. The molecule has 3 nitrogen and oxygen atoms in total. The van der Waals surface area contributed by atoms with Gasteiger partial charge in [-0.25, -0.2) is 9.97 Å². The molecule has 4 heteroatoms. The van der Waals surface area contributed by atoms with Crippen LogP contribution in [0.2, 0.25) is 0 Å². The van der Waals surface area contributed by atoms with E-state index < -0.39 is 0 Å². The first-order valence-corrected chi connectivity index (χ1v) is 14.6. The highest BCUT2D eigenvalue weighted by Gasteiger charge is 2.23. The summed E-state index contributed by atoms with van der Waals surface area (Å²) >= 11 is 1.85. The first-order chi connectivity index (χ1) is 19.8. The van der Waals surface area contributed by atoms with Crippen LogP contribution in [0.5, 0.6) is 0 Å². The molecule has 9 rings (SSSR count). The number of aromatic nitrogens is 3. The van der Waals surface area contributed by atoms with E-state index in [1.807, 2.05) is 11.3 Å². The first-order valence-electron chi connectivity index (χ1n) is 13.7. The summed E-state index contributed by atoms with van der Waals surface area (Å²) < 4.78 is 4.89. The van der Waals surface area contributed by atoms with Gasteiger partial charge in [-0.3, -0.25) is 4.57 Å². The first kappa shape index (κ1) is 22.1. The molecule has 3 aromatic heterocycles. The molecule has 0 unspecified atom stereocenters. The Labute approximate surface area is 234 Å². The van der Waals surface area contributed by atoms with Crippen LogP contribution in [0.1, 0.15) is 17.7 Å². The molecule has 40 heavy (non-hydrogen) atoms. The van der Waals surface area contributed by atoms with Gasteiger partial charge >= 0.3 is 0 Å².